The zero-order chi connectivity index (χ0) is 14.6. The van der Waals surface area contributed by atoms with Crippen LogP contribution in [0.2, 0.25) is 5.15 Å². The van der Waals surface area contributed by atoms with Gasteiger partial charge in [0.05, 0.1) is 5.60 Å². The third-order valence-electron chi connectivity index (χ3n) is 3.64. The number of pyridine rings is 1. The zero-order valence-electron chi connectivity index (χ0n) is 11.2. The van der Waals surface area contributed by atoms with Crippen LogP contribution in [0.3, 0.4) is 0 Å². The highest BCUT2D eigenvalue weighted by Gasteiger charge is 2.30. The fourth-order valence-electron chi connectivity index (χ4n) is 2.44. The number of hydrogen-bond acceptors (Lipinski definition) is 4. The highest BCUT2D eigenvalue weighted by Crippen LogP contribution is 2.27. The summed E-state index contributed by atoms with van der Waals surface area (Å²) in [6, 6.07) is 2.91. The molecule has 7 heteroatoms. The molecule has 20 heavy (non-hydrogen) atoms. The van der Waals surface area contributed by atoms with Gasteiger partial charge in [0.15, 0.2) is 0 Å². The number of sulfonamides is 1. The average Bonchev–Trinajstić information content (AvgIpc) is 2.63. The van der Waals surface area contributed by atoms with E-state index in [2.05, 4.69) is 9.71 Å². The first-order chi connectivity index (χ1) is 9.43. The van der Waals surface area contributed by atoms with E-state index in [1.165, 1.54) is 18.3 Å². The van der Waals surface area contributed by atoms with Gasteiger partial charge in [0.2, 0.25) is 10.0 Å². The van der Waals surface area contributed by atoms with Crippen molar-refractivity contribution in [3.63, 3.8) is 0 Å². The lowest BCUT2D eigenvalue weighted by molar-refractivity contribution is 0.0303. The Labute approximate surface area is 124 Å². The highest BCUT2D eigenvalue weighted by atomic mass is 35.5. The molecule has 0 spiro atoms. The van der Waals surface area contributed by atoms with Gasteiger partial charge >= 0.3 is 0 Å². The fraction of sp³-hybridized carbons (Fsp3) is 0.615. The van der Waals surface area contributed by atoms with Crippen molar-refractivity contribution in [2.45, 2.75) is 49.0 Å². The first kappa shape index (κ1) is 15.7. The number of hydrogen-bond donors (Lipinski definition) is 2. The summed E-state index contributed by atoms with van der Waals surface area (Å²) in [6.45, 7) is 0.0144. The first-order valence-electron chi connectivity index (χ1n) is 6.76. The van der Waals surface area contributed by atoms with Gasteiger partial charge < -0.3 is 5.11 Å². The maximum atomic E-state index is 12.2. The lowest BCUT2D eigenvalue weighted by Crippen LogP contribution is -2.42. The Morgan fingerprint density at radius 1 is 1.30 bits per heavy atom. The molecular weight excluding hydrogens is 300 g/mol. The molecule has 1 heterocycles. The summed E-state index contributed by atoms with van der Waals surface area (Å²) in [6.07, 6.45) is 6.69. The van der Waals surface area contributed by atoms with Crippen molar-refractivity contribution in [1.82, 2.24) is 9.71 Å². The molecule has 0 saturated heterocycles. The maximum Gasteiger partial charge on any atom is 0.243 e. The van der Waals surface area contributed by atoms with Crippen molar-refractivity contribution >= 4 is 21.6 Å². The van der Waals surface area contributed by atoms with Crippen molar-refractivity contribution in [2.75, 3.05) is 6.54 Å². The Bertz CT molecular complexity index is 554. The molecule has 1 aromatic rings. The monoisotopic (exact) mass is 318 g/mol. The predicted octanol–water partition coefficient (Wildman–Crippen LogP) is 2.10. The molecule has 1 aliphatic rings. The van der Waals surface area contributed by atoms with Crippen LogP contribution in [0, 0.1) is 0 Å². The van der Waals surface area contributed by atoms with Crippen LogP contribution in [-0.4, -0.2) is 30.7 Å². The molecule has 0 atom stereocenters. The van der Waals surface area contributed by atoms with Crippen molar-refractivity contribution in [3.8, 4) is 0 Å². The second kappa shape index (κ2) is 6.39. The quantitative estimate of drug-likeness (QED) is 0.658. The Kier molecular flexibility index (Phi) is 5.01. The van der Waals surface area contributed by atoms with Gasteiger partial charge in [-0.3, -0.25) is 0 Å². The fourth-order valence-corrected chi connectivity index (χ4v) is 4.01. The molecule has 0 radical (unpaired) electrons. The summed E-state index contributed by atoms with van der Waals surface area (Å²) in [4.78, 5) is 3.70. The van der Waals surface area contributed by atoms with E-state index in [0.717, 1.165) is 25.7 Å². The minimum absolute atomic E-state index is 0.0144. The Morgan fingerprint density at radius 2 is 1.95 bits per heavy atom. The van der Waals surface area contributed by atoms with Gasteiger partial charge in [-0.25, -0.2) is 18.1 Å². The Hall–Kier alpha value is -0.690. The Morgan fingerprint density at radius 3 is 2.55 bits per heavy atom. The van der Waals surface area contributed by atoms with Crippen molar-refractivity contribution in [2.24, 2.45) is 0 Å². The predicted molar refractivity (Wildman–Crippen MR) is 77.1 cm³/mol. The number of nitrogens with zero attached hydrogens (tertiary/aromatic N) is 1. The van der Waals surface area contributed by atoms with E-state index >= 15 is 0 Å². The van der Waals surface area contributed by atoms with Gasteiger partial charge in [-0.05, 0) is 25.0 Å². The van der Waals surface area contributed by atoms with Gasteiger partial charge in [-0.1, -0.05) is 37.3 Å². The molecule has 2 rings (SSSR count). The lowest BCUT2D eigenvalue weighted by atomic mass is 9.95. The number of rotatable bonds is 4. The molecule has 1 aliphatic carbocycles. The van der Waals surface area contributed by atoms with Crippen molar-refractivity contribution in [3.05, 3.63) is 23.5 Å². The van der Waals surface area contributed by atoms with Crippen LogP contribution in [0.4, 0.5) is 0 Å². The van der Waals surface area contributed by atoms with Crippen LogP contribution < -0.4 is 4.72 Å². The van der Waals surface area contributed by atoms with Crippen LogP contribution in [0.15, 0.2) is 23.2 Å². The third-order valence-corrected chi connectivity index (χ3v) is 5.49. The van der Waals surface area contributed by atoms with Gasteiger partial charge in [-0.15, -0.1) is 0 Å². The summed E-state index contributed by atoms with van der Waals surface area (Å²) >= 11 is 5.80. The van der Waals surface area contributed by atoms with E-state index in [-0.39, 0.29) is 16.6 Å². The van der Waals surface area contributed by atoms with E-state index < -0.39 is 15.6 Å². The van der Waals surface area contributed by atoms with E-state index in [1.54, 1.807) is 0 Å². The topological polar surface area (TPSA) is 79.3 Å². The van der Waals surface area contributed by atoms with Crippen LogP contribution in [0.5, 0.6) is 0 Å². The first-order valence-corrected chi connectivity index (χ1v) is 8.62. The largest absolute Gasteiger partial charge is 0.389 e. The molecule has 1 fully saturated rings. The van der Waals surface area contributed by atoms with Crippen LogP contribution >= 0.6 is 11.6 Å². The SMILES string of the molecule is O=S(=O)(NCC1(O)CCCCCC1)c1cccnc1Cl. The van der Waals surface area contributed by atoms with E-state index in [9.17, 15) is 13.5 Å². The molecule has 112 valence electrons. The maximum absolute atomic E-state index is 12.2. The van der Waals surface area contributed by atoms with Crippen LogP contribution in [-0.2, 0) is 10.0 Å². The van der Waals surface area contributed by atoms with E-state index in [4.69, 9.17) is 11.6 Å². The van der Waals surface area contributed by atoms with E-state index in [1.807, 2.05) is 0 Å². The standard InChI is InChI=1S/C13H19ClN2O3S/c14-12-11(6-5-9-15-12)20(18,19)16-10-13(17)7-3-1-2-4-8-13/h5-6,9,16-17H,1-4,7-8,10H2. The van der Waals surface area contributed by atoms with Gasteiger partial charge in [0.1, 0.15) is 10.0 Å². The summed E-state index contributed by atoms with van der Waals surface area (Å²) in [7, 11) is -3.74. The van der Waals surface area contributed by atoms with Crippen LogP contribution in [0.1, 0.15) is 38.5 Å². The number of nitrogens with one attached hydrogen (secondary N) is 1. The summed E-state index contributed by atoms with van der Waals surface area (Å²) in [5.74, 6) is 0. The molecule has 0 unspecified atom stereocenters. The molecule has 1 aromatic heterocycles. The van der Waals surface area contributed by atoms with E-state index in [0.29, 0.717) is 12.8 Å². The molecule has 0 bridgehead atoms. The summed E-state index contributed by atoms with van der Waals surface area (Å²) in [5, 5.41) is 10.4. The molecule has 0 amide bonds. The number of aliphatic hydroxyl groups is 1. The average molecular weight is 319 g/mol. The molecule has 0 aromatic carbocycles. The molecular formula is C13H19ClN2O3S. The smallest absolute Gasteiger partial charge is 0.243 e. The highest BCUT2D eigenvalue weighted by molar-refractivity contribution is 7.89. The minimum Gasteiger partial charge on any atom is -0.389 e. The molecule has 5 nitrogen and oxygen atoms in total. The number of aromatic nitrogens is 1. The van der Waals surface area contributed by atoms with Crippen LogP contribution in [0.25, 0.3) is 0 Å². The number of halogens is 1. The molecule has 0 aliphatic heterocycles. The third kappa shape index (κ3) is 3.91. The van der Waals surface area contributed by atoms with Gasteiger partial charge in [0.25, 0.3) is 0 Å². The normalized spacial score (nSPS) is 19.5. The molecule has 1 saturated carbocycles. The summed E-state index contributed by atoms with van der Waals surface area (Å²) in [5.41, 5.74) is -0.960. The van der Waals surface area contributed by atoms with Crippen molar-refractivity contribution < 1.29 is 13.5 Å². The second-order valence-electron chi connectivity index (χ2n) is 5.26. The van der Waals surface area contributed by atoms with Crippen molar-refractivity contribution in [1.29, 1.82) is 0 Å². The second-order valence-corrected chi connectivity index (χ2v) is 7.35. The lowest BCUT2D eigenvalue weighted by Gasteiger charge is -2.26. The Balaban J connectivity index is 2.07. The van der Waals surface area contributed by atoms with Gasteiger partial charge in [-0.2, -0.15) is 0 Å². The summed E-state index contributed by atoms with van der Waals surface area (Å²) < 4.78 is 26.8. The minimum atomic E-state index is -3.74. The zero-order valence-corrected chi connectivity index (χ0v) is 12.8. The van der Waals surface area contributed by atoms with Gasteiger partial charge in [0, 0.05) is 12.7 Å². The molecule has 2 N–H and O–H groups in total.